The summed E-state index contributed by atoms with van der Waals surface area (Å²) in [5, 5.41) is 2.60. The number of nitrogens with zero attached hydrogens (tertiary/aromatic N) is 3. The number of halogens is 2. The highest BCUT2D eigenvalue weighted by Crippen LogP contribution is 2.29. The highest BCUT2D eigenvalue weighted by atomic mass is 35.5. The van der Waals surface area contributed by atoms with Crippen LogP contribution in [-0.4, -0.2) is 42.1 Å². The second-order valence-corrected chi connectivity index (χ2v) is 8.24. The molecule has 1 unspecified atom stereocenters. The molecule has 0 radical (unpaired) electrons. The smallest absolute Gasteiger partial charge is 0.212 e. The molecule has 2 heterocycles. The highest BCUT2D eigenvalue weighted by Gasteiger charge is 2.16. The summed E-state index contributed by atoms with van der Waals surface area (Å²) in [4.78, 5) is 11.1. The number of guanidine groups is 1. The number of aromatic nitrogens is 1. The van der Waals surface area contributed by atoms with Gasteiger partial charge in [-0.15, -0.1) is 23.7 Å². The van der Waals surface area contributed by atoms with Crippen LogP contribution in [0, 0.1) is 5.82 Å². The molecule has 0 amide bonds. The Labute approximate surface area is 192 Å². The van der Waals surface area contributed by atoms with E-state index in [4.69, 9.17) is 10.5 Å². The molecule has 0 spiro atoms. The molecule has 2 N–H and O–H groups in total. The predicted molar refractivity (Wildman–Crippen MR) is 127 cm³/mol. The van der Waals surface area contributed by atoms with Crippen LogP contribution in [0.15, 0.2) is 58.9 Å². The van der Waals surface area contributed by atoms with Crippen LogP contribution in [0.5, 0.6) is 0 Å². The van der Waals surface area contributed by atoms with Gasteiger partial charge in [0.25, 0.3) is 0 Å². The van der Waals surface area contributed by atoms with Crippen molar-refractivity contribution in [2.75, 3.05) is 26.3 Å². The van der Waals surface area contributed by atoms with Gasteiger partial charge in [-0.1, -0.05) is 49.4 Å². The lowest BCUT2D eigenvalue weighted by Gasteiger charge is -2.27. The fraction of sp³-hybridized carbons (Fsp3) is 0.304. The number of morpholine rings is 1. The maximum Gasteiger partial charge on any atom is 0.212 e. The fourth-order valence-electron chi connectivity index (χ4n) is 3.47. The van der Waals surface area contributed by atoms with Crippen LogP contribution >= 0.6 is 23.7 Å². The van der Waals surface area contributed by atoms with Crippen LogP contribution in [-0.2, 0) is 11.2 Å². The average Bonchev–Trinajstić information content (AvgIpc) is 3.25. The summed E-state index contributed by atoms with van der Waals surface area (Å²) in [7, 11) is 0. The van der Waals surface area contributed by atoms with E-state index in [-0.39, 0.29) is 24.1 Å². The monoisotopic (exact) mass is 460 g/mol. The van der Waals surface area contributed by atoms with Gasteiger partial charge >= 0.3 is 0 Å². The molecule has 0 bridgehead atoms. The largest absolute Gasteiger partial charge is 0.378 e. The van der Waals surface area contributed by atoms with Crippen molar-refractivity contribution in [1.29, 1.82) is 0 Å². The lowest BCUT2D eigenvalue weighted by Crippen LogP contribution is -2.44. The van der Waals surface area contributed by atoms with Gasteiger partial charge in [-0.05, 0) is 29.2 Å². The molecule has 1 aromatic heterocycles. The van der Waals surface area contributed by atoms with Crippen molar-refractivity contribution in [3.05, 3.63) is 71.0 Å². The zero-order valence-electron chi connectivity index (χ0n) is 17.3. The minimum absolute atomic E-state index is 0. The van der Waals surface area contributed by atoms with Gasteiger partial charge in [-0.25, -0.2) is 9.37 Å². The second kappa shape index (κ2) is 10.7. The number of aliphatic imine (C=N–C) groups is 1. The van der Waals surface area contributed by atoms with Gasteiger partial charge in [0.05, 0.1) is 18.9 Å². The van der Waals surface area contributed by atoms with E-state index < -0.39 is 0 Å². The minimum Gasteiger partial charge on any atom is -0.378 e. The molecule has 1 aliphatic heterocycles. The van der Waals surface area contributed by atoms with Crippen LogP contribution < -0.4 is 5.73 Å². The molecule has 164 valence electrons. The van der Waals surface area contributed by atoms with Crippen molar-refractivity contribution >= 4 is 34.8 Å². The van der Waals surface area contributed by atoms with E-state index in [0.29, 0.717) is 36.3 Å². The molecule has 1 saturated heterocycles. The maximum atomic E-state index is 14.7. The summed E-state index contributed by atoms with van der Waals surface area (Å²) in [5.74, 6) is 0.356. The summed E-state index contributed by atoms with van der Waals surface area (Å²) in [6.07, 6.45) is 0.576. The van der Waals surface area contributed by atoms with Crippen molar-refractivity contribution in [3.63, 3.8) is 0 Å². The van der Waals surface area contributed by atoms with Gasteiger partial charge in [0.15, 0.2) is 5.96 Å². The Kier molecular flexibility index (Phi) is 8.01. The molecular formula is C23H26ClFN4OS. The fourth-order valence-corrected chi connectivity index (χ4v) is 4.29. The van der Waals surface area contributed by atoms with Crippen LogP contribution in [0.25, 0.3) is 11.1 Å². The Morgan fingerprint density at radius 1 is 1.19 bits per heavy atom. The maximum absolute atomic E-state index is 14.7. The number of rotatable bonds is 5. The lowest BCUT2D eigenvalue weighted by molar-refractivity contribution is 0.0675. The average molecular weight is 461 g/mol. The zero-order chi connectivity index (χ0) is 20.9. The third kappa shape index (κ3) is 5.81. The quantitative estimate of drug-likeness (QED) is 0.430. The Hall–Kier alpha value is -2.48. The molecule has 3 aromatic rings. The van der Waals surface area contributed by atoms with Crippen molar-refractivity contribution in [2.24, 2.45) is 10.7 Å². The molecule has 0 saturated carbocycles. The molecule has 1 fully saturated rings. The van der Waals surface area contributed by atoms with Gasteiger partial charge in [-0.2, -0.15) is 4.99 Å². The molecule has 0 aliphatic carbocycles. The Balaban J connectivity index is 0.00000272. The van der Waals surface area contributed by atoms with Crippen molar-refractivity contribution < 1.29 is 9.13 Å². The summed E-state index contributed by atoms with van der Waals surface area (Å²) in [5.41, 5.74) is 9.59. The van der Waals surface area contributed by atoms with E-state index in [0.717, 1.165) is 29.9 Å². The van der Waals surface area contributed by atoms with Gasteiger partial charge in [0.2, 0.25) is 5.13 Å². The van der Waals surface area contributed by atoms with Crippen molar-refractivity contribution in [2.45, 2.75) is 19.3 Å². The number of nitrogens with two attached hydrogens (primary N) is 1. The summed E-state index contributed by atoms with van der Waals surface area (Å²) in [6.45, 7) is 4.85. The van der Waals surface area contributed by atoms with Crippen LogP contribution in [0.2, 0.25) is 0 Å². The second-order valence-electron chi connectivity index (χ2n) is 7.40. The van der Waals surface area contributed by atoms with Gasteiger partial charge in [0, 0.05) is 24.4 Å². The number of ether oxygens (including phenoxy) is 1. The molecule has 31 heavy (non-hydrogen) atoms. The third-order valence-corrected chi connectivity index (χ3v) is 6.00. The van der Waals surface area contributed by atoms with Gasteiger partial charge in [-0.3, -0.25) is 0 Å². The van der Waals surface area contributed by atoms with E-state index in [1.807, 2.05) is 52.7 Å². The molecule has 5 nitrogen and oxygen atoms in total. The Morgan fingerprint density at radius 2 is 1.94 bits per heavy atom. The van der Waals surface area contributed by atoms with Crippen molar-refractivity contribution in [1.82, 2.24) is 9.88 Å². The van der Waals surface area contributed by atoms with Crippen LogP contribution in [0.3, 0.4) is 0 Å². The molecule has 4 rings (SSSR count). The summed E-state index contributed by atoms with van der Waals surface area (Å²) < 4.78 is 20.1. The van der Waals surface area contributed by atoms with E-state index in [1.165, 1.54) is 11.3 Å². The SMILES string of the molecule is CC(Cc1ccc(-c2ccccc2)cc1F)c1csc(/N=C(/N)N2CCOCC2)n1.Cl. The summed E-state index contributed by atoms with van der Waals surface area (Å²) >= 11 is 1.45. The van der Waals surface area contributed by atoms with Gasteiger partial charge < -0.3 is 15.4 Å². The first-order valence-electron chi connectivity index (χ1n) is 10.1. The first-order chi connectivity index (χ1) is 14.6. The number of thiazole rings is 1. The molecule has 1 atom stereocenters. The highest BCUT2D eigenvalue weighted by molar-refractivity contribution is 7.13. The van der Waals surface area contributed by atoms with E-state index in [1.54, 1.807) is 6.07 Å². The number of hydrogen-bond donors (Lipinski definition) is 1. The first-order valence-corrected chi connectivity index (χ1v) is 10.9. The standard InChI is InChI=1S/C23H25FN4OS.ClH/c1-16(13-19-8-7-18(14-20(19)24)17-5-3-2-4-6-17)21-15-30-23(26-21)27-22(25)28-9-11-29-12-10-28;/h2-8,14-16H,9-13H2,1H3,(H2,25,26,27);1H. The number of hydrogen-bond acceptors (Lipinski definition) is 4. The zero-order valence-corrected chi connectivity index (χ0v) is 19.0. The van der Waals surface area contributed by atoms with Crippen molar-refractivity contribution in [3.8, 4) is 11.1 Å². The first kappa shape index (κ1) is 23.2. The van der Waals surface area contributed by atoms with Gasteiger partial charge in [0.1, 0.15) is 5.82 Å². The molecule has 8 heteroatoms. The molecule has 1 aliphatic rings. The number of benzene rings is 2. The predicted octanol–water partition coefficient (Wildman–Crippen LogP) is 5.00. The van der Waals surface area contributed by atoms with Crippen LogP contribution in [0.1, 0.15) is 24.1 Å². The summed E-state index contributed by atoms with van der Waals surface area (Å²) in [6, 6.07) is 15.3. The minimum atomic E-state index is -0.187. The molecular weight excluding hydrogens is 435 g/mol. The Bertz CT molecular complexity index is 1020. The van der Waals surface area contributed by atoms with E-state index >= 15 is 0 Å². The topological polar surface area (TPSA) is 63.7 Å². The van der Waals surface area contributed by atoms with Crippen LogP contribution in [0.4, 0.5) is 9.52 Å². The Morgan fingerprint density at radius 3 is 2.65 bits per heavy atom. The lowest BCUT2D eigenvalue weighted by atomic mass is 9.96. The van der Waals surface area contributed by atoms with E-state index in [9.17, 15) is 4.39 Å². The third-order valence-electron chi connectivity index (χ3n) is 5.25. The normalized spacial score (nSPS) is 15.4. The molecule has 2 aromatic carbocycles. The van der Waals surface area contributed by atoms with E-state index in [2.05, 4.69) is 16.9 Å².